The molecule has 0 aliphatic heterocycles. The molecule has 0 fully saturated rings. The number of ether oxygens (including phenoxy) is 4. The van der Waals surface area contributed by atoms with Crippen molar-refractivity contribution in [3.05, 3.63) is 77.9 Å². The maximum atomic E-state index is 13.8. The van der Waals surface area contributed by atoms with Crippen LogP contribution in [0.25, 0.3) is 0 Å². The van der Waals surface area contributed by atoms with Crippen LogP contribution in [0.1, 0.15) is 29.9 Å². The van der Waals surface area contributed by atoms with E-state index in [2.05, 4.69) is 10.3 Å². The Bertz CT molecular complexity index is 1230. The van der Waals surface area contributed by atoms with Crippen molar-refractivity contribution < 1.29 is 37.7 Å². The van der Waals surface area contributed by atoms with E-state index in [0.717, 1.165) is 0 Å². The highest BCUT2D eigenvalue weighted by Gasteiger charge is 2.22. The molecule has 1 amide bonds. The average molecular weight is 496 g/mol. The van der Waals surface area contributed by atoms with E-state index in [4.69, 9.17) is 18.9 Å². The fraction of sp³-hybridized carbons (Fsp3) is 0.231. The minimum absolute atomic E-state index is 0.134. The number of hydrogen-bond donors (Lipinski definition) is 1. The maximum Gasteiger partial charge on any atom is 0.325 e. The number of carbonyl (C=O) groups is 3. The maximum absolute atomic E-state index is 13.8. The number of halogens is 1. The molecule has 3 rings (SSSR count). The lowest BCUT2D eigenvalue weighted by Gasteiger charge is -2.17. The van der Waals surface area contributed by atoms with Crippen molar-refractivity contribution >= 4 is 17.8 Å². The Kier molecular flexibility index (Phi) is 8.93. The normalized spacial score (nSPS) is 11.2. The minimum Gasteiger partial charge on any atom is -0.493 e. The molecule has 0 bridgehead atoms. The van der Waals surface area contributed by atoms with E-state index in [1.807, 2.05) is 6.07 Å². The molecule has 2 aromatic carbocycles. The molecule has 0 aliphatic carbocycles. The van der Waals surface area contributed by atoms with Crippen molar-refractivity contribution in [3.63, 3.8) is 0 Å². The number of pyridine rings is 1. The molecule has 0 spiro atoms. The van der Waals surface area contributed by atoms with Crippen molar-refractivity contribution in [2.75, 3.05) is 13.7 Å². The standard InChI is InChI=1S/C26H25FN2O7/c1-16(13-18-9-10-19(27)14-22(18)36-20-7-5-4-6-8-20)34-23(31)15-29-26(32)24-25(35-17(2)30)21(33-3)11-12-28-24/h4-12,14,16H,13,15H2,1-3H3,(H,29,32). The van der Waals surface area contributed by atoms with Crippen molar-refractivity contribution in [3.8, 4) is 23.0 Å². The largest absolute Gasteiger partial charge is 0.493 e. The Hall–Kier alpha value is -4.47. The van der Waals surface area contributed by atoms with Gasteiger partial charge >= 0.3 is 11.9 Å². The number of nitrogens with zero attached hydrogens (tertiary/aromatic N) is 1. The third-order valence-corrected chi connectivity index (χ3v) is 4.78. The van der Waals surface area contributed by atoms with Crippen molar-refractivity contribution in [1.82, 2.24) is 10.3 Å². The summed E-state index contributed by atoms with van der Waals surface area (Å²) in [6, 6.07) is 14.5. The van der Waals surface area contributed by atoms with Gasteiger partial charge < -0.3 is 24.3 Å². The minimum atomic E-state index is -0.758. The third-order valence-electron chi connectivity index (χ3n) is 4.78. The third kappa shape index (κ3) is 7.26. The number of para-hydroxylation sites is 1. The summed E-state index contributed by atoms with van der Waals surface area (Å²) >= 11 is 0. The Morgan fingerprint density at radius 3 is 2.50 bits per heavy atom. The molecule has 0 saturated heterocycles. The lowest BCUT2D eigenvalue weighted by Crippen LogP contribution is -2.33. The van der Waals surface area contributed by atoms with Crippen molar-refractivity contribution in [2.45, 2.75) is 26.4 Å². The van der Waals surface area contributed by atoms with E-state index in [0.29, 0.717) is 17.1 Å². The van der Waals surface area contributed by atoms with Crippen LogP contribution < -0.4 is 19.5 Å². The van der Waals surface area contributed by atoms with E-state index < -0.39 is 36.3 Å². The second kappa shape index (κ2) is 12.3. The van der Waals surface area contributed by atoms with Gasteiger partial charge in [0.15, 0.2) is 11.4 Å². The molecule has 0 aliphatic rings. The zero-order valence-electron chi connectivity index (χ0n) is 19.9. The first-order valence-corrected chi connectivity index (χ1v) is 11.0. The first kappa shape index (κ1) is 26.1. The molecule has 10 heteroatoms. The molecule has 3 aromatic rings. The molecule has 36 heavy (non-hydrogen) atoms. The first-order chi connectivity index (χ1) is 17.3. The van der Waals surface area contributed by atoms with Crippen LogP contribution in [0.15, 0.2) is 60.8 Å². The van der Waals surface area contributed by atoms with Crippen LogP contribution in [0, 0.1) is 5.82 Å². The summed E-state index contributed by atoms with van der Waals surface area (Å²) in [5.41, 5.74) is 0.413. The van der Waals surface area contributed by atoms with E-state index >= 15 is 0 Å². The fourth-order valence-corrected chi connectivity index (χ4v) is 3.26. The van der Waals surface area contributed by atoms with E-state index in [-0.39, 0.29) is 23.6 Å². The predicted octanol–water partition coefficient (Wildman–Crippen LogP) is 3.85. The second-order valence-electron chi connectivity index (χ2n) is 7.64. The van der Waals surface area contributed by atoms with Crippen LogP contribution in [0.2, 0.25) is 0 Å². The Morgan fingerprint density at radius 2 is 1.81 bits per heavy atom. The van der Waals surface area contributed by atoms with Gasteiger partial charge in [-0.15, -0.1) is 0 Å². The summed E-state index contributed by atoms with van der Waals surface area (Å²) in [6.07, 6.45) is 0.944. The first-order valence-electron chi connectivity index (χ1n) is 11.0. The molecule has 1 unspecified atom stereocenters. The molecule has 9 nitrogen and oxygen atoms in total. The lowest BCUT2D eigenvalue weighted by molar-refractivity contribution is -0.146. The topological polar surface area (TPSA) is 113 Å². The molecule has 1 aromatic heterocycles. The number of carbonyl (C=O) groups excluding carboxylic acids is 3. The predicted molar refractivity (Wildman–Crippen MR) is 127 cm³/mol. The summed E-state index contributed by atoms with van der Waals surface area (Å²) in [6.45, 7) is 2.38. The number of benzene rings is 2. The van der Waals surface area contributed by atoms with Gasteiger partial charge in [0.1, 0.15) is 30.0 Å². The van der Waals surface area contributed by atoms with Gasteiger partial charge in [-0.3, -0.25) is 14.4 Å². The van der Waals surface area contributed by atoms with Gasteiger partial charge in [0, 0.05) is 31.7 Å². The van der Waals surface area contributed by atoms with Crippen LogP contribution in [-0.4, -0.2) is 42.6 Å². The molecule has 0 radical (unpaired) electrons. The summed E-state index contributed by atoms with van der Waals surface area (Å²) in [5, 5.41) is 2.39. The number of esters is 2. The summed E-state index contributed by atoms with van der Waals surface area (Å²) < 4.78 is 35.1. The number of hydrogen-bond acceptors (Lipinski definition) is 8. The Morgan fingerprint density at radius 1 is 1.06 bits per heavy atom. The molecular weight excluding hydrogens is 471 g/mol. The smallest absolute Gasteiger partial charge is 0.325 e. The fourth-order valence-electron chi connectivity index (χ4n) is 3.26. The zero-order valence-corrected chi connectivity index (χ0v) is 19.9. The molecular formula is C26H25FN2O7. The number of methoxy groups -OCH3 is 1. The van der Waals surface area contributed by atoms with E-state index in [9.17, 15) is 18.8 Å². The van der Waals surface area contributed by atoms with Crippen LogP contribution in [0.3, 0.4) is 0 Å². The molecule has 1 N–H and O–H groups in total. The van der Waals surface area contributed by atoms with Gasteiger partial charge in [-0.25, -0.2) is 9.37 Å². The number of nitrogens with one attached hydrogen (secondary N) is 1. The van der Waals surface area contributed by atoms with Gasteiger partial charge in [-0.05, 0) is 30.7 Å². The van der Waals surface area contributed by atoms with Crippen LogP contribution >= 0.6 is 0 Å². The monoisotopic (exact) mass is 496 g/mol. The van der Waals surface area contributed by atoms with Gasteiger partial charge in [0.2, 0.25) is 5.75 Å². The van der Waals surface area contributed by atoms with Crippen LogP contribution in [-0.2, 0) is 20.7 Å². The second-order valence-corrected chi connectivity index (χ2v) is 7.64. The van der Waals surface area contributed by atoms with E-state index in [1.54, 1.807) is 37.3 Å². The van der Waals surface area contributed by atoms with Gasteiger partial charge in [-0.2, -0.15) is 0 Å². The summed E-state index contributed by atoms with van der Waals surface area (Å²) in [4.78, 5) is 40.2. The highest BCUT2D eigenvalue weighted by Crippen LogP contribution is 2.30. The van der Waals surface area contributed by atoms with Gasteiger partial charge in [0.25, 0.3) is 5.91 Å². The van der Waals surface area contributed by atoms with Crippen molar-refractivity contribution in [2.24, 2.45) is 0 Å². The highest BCUT2D eigenvalue weighted by atomic mass is 19.1. The molecule has 1 atom stereocenters. The van der Waals surface area contributed by atoms with Crippen LogP contribution in [0.4, 0.5) is 4.39 Å². The highest BCUT2D eigenvalue weighted by molar-refractivity contribution is 5.98. The summed E-state index contributed by atoms with van der Waals surface area (Å²) in [5.74, 6) is -1.78. The van der Waals surface area contributed by atoms with Crippen molar-refractivity contribution in [1.29, 1.82) is 0 Å². The molecule has 188 valence electrons. The number of aromatic nitrogens is 1. The average Bonchev–Trinajstić information content (AvgIpc) is 2.84. The Labute approximate surface area is 207 Å². The number of rotatable bonds is 10. The molecule has 0 saturated carbocycles. The molecule has 1 heterocycles. The summed E-state index contributed by atoms with van der Waals surface area (Å²) in [7, 11) is 1.35. The van der Waals surface area contributed by atoms with Gasteiger partial charge in [-0.1, -0.05) is 24.3 Å². The Balaban J connectivity index is 1.60. The number of amides is 1. The van der Waals surface area contributed by atoms with E-state index in [1.165, 1.54) is 38.4 Å². The van der Waals surface area contributed by atoms with Crippen LogP contribution in [0.5, 0.6) is 23.0 Å². The zero-order chi connectivity index (χ0) is 26.1. The SMILES string of the molecule is COc1ccnc(C(=O)NCC(=O)OC(C)Cc2ccc(F)cc2Oc2ccccc2)c1OC(C)=O. The lowest BCUT2D eigenvalue weighted by atomic mass is 10.1. The quantitative estimate of drug-likeness (QED) is 0.421. The van der Waals surface area contributed by atoms with Gasteiger partial charge in [0.05, 0.1) is 7.11 Å².